The van der Waals surface area contributed by atoms with Crippen molar-refractivity contribution in [1.82, 2.24) is 0 Å². The molecular weight excluding hydrogens is 152 g/mol. The minimum Gasteiger partial charge on any atom is -0.396 e. The van der Waals surface area contributed by atoms with Crippen LogP contribution < -0.4 is 0 Å². The monoisotopic (exact) mass is 174 g/mol. The van der Waals surface area contributed by atoms with E-state index in [0.717, 1.165) is 12.8 Å². The highest BCUT2D eigenvalue weighted by molar-refractivity contribution is 4.54. The van der Waals surface area contributed by atoms with E-state index in [1.54, 1.807) is 0 Å². The van der Waals surface area contributed by atoms with Crippen LogP contribution in [0.3, 0.4) is 0 Å². The second-order valence-electron chi connectivity index (χ2n) is 3.37. The van der Waals surface area contributed by atoms with Crippen LogP contribution >= 0.6 is 0 Å². The molecule has 0 amide bonds. The van der Waals surface area contributed by atoms with Crippen LogP contribution in [0.25, 0.3) is 0 Å². The Morgan fingerprint density at radius 1 is 1.00 bits per heavy atom. The normalized spacial score (nSPS) is 13.2. The fourth-order valence-corrected chi connectivity index (χ4v) is 1.28. The Kier molecular flexibility index (Phi) is 8.95. The van der Waals surface area contributed by atoms with E-state index in [2.05, 4.69) is 6.92 Å². The van der Waals surface area contributed by atoms with Crippen LogP contribution in [0.5, 0.6) is 0 Å². The molecule has 74 valence electrons. The number of hydrogen-bond donors (Lipinski definition) is 2. The van der Waals surface area contributed by atoms with Gasteiger partial charge in [0.15, 0.2) is 0 Å². The standard InChI is InChI=1S/C10H22O2/c1-2-3-4-5-6-7-10(12)8-9-11/h10-12H,2-9H2,1H3. The van der Waals surface area contributed by atoms with Crippen molar-refractivity contribution in [3.05, 3.63) is 0 Å². The average molecular weight is 174 g/mol. The SMILES string of the molecule is CCCCCCCC(O)CCO. The Labute approximate surface area is 75.6 Å². The van der Waals surface area contributed by atoms with Gasteiger partial charge in [-0.25, -0.2) is 0 Å². The Morgan fingerprint density at radius 2 is 1.67 bits per heavy atom. The van der Waals surface area contributed by atoms with Gasteiger partial charge in [-0.1, -0.05) is 39.0 Å². The summed E-state index contributed by atoms with van der Waals surface area (Å²) in [6.07, 6.45) is 7.27. The predicted molar refractivity (Wildman–Crippen MR) is 51.1 cm³/mol. The zero-order valence-corrected chi connectivity index (χ0v) is 8.13. The van der Waals surface area contributed by atoms with Crippen molar-refractivity contribution in [2.24, 2.45) is 0 Å². The molecule has 0 rings (SSSR count). The molecule has 0 saturated carbocycles. The van der Waals surface area contributed by atoms with E-state index in [4.69, 9.17) is 5.11 Å². The molecule has 0 aliphatic carbocycles. The summed E-state index contributed by atoms with van der Waals surface area (Å²) in [7, 11) is 0. The molecule has 0 aliphatic heterocycles. The van der Waals surface area contributed by atoms with Gasteiger partial charge in [-0.05, 0) is 12.8 Å². The lowest BCUT2D eigenvalue weighted by atomic mass is 10.1. The molecule has 2 heteroatoms. The lowest BCUT2D eigenvalue weighted by molar-refractivity contribution is 0.122. The van der Waals surface area contributed by atoms with Crippen LogP contribution in [-0.2, 0) is 0 Å². The summed E-state index contributed by atoms with van der Waals surface area (Å²) in [5.74, 6) is 0. The Hall–Kier alpha value is -0.0800. The highest BCUT2D eigenvalue weighted by Gasteiger charge is 2.01. The first-order valence-electron chi connectivity index (χ1n) is 5.10. The third kappa shape index (κ3) is 8.02. The first-order chi connectivity index (χ1) is 5.81. The topological polar surface area (TPSA) is 40.5 Å². The minimum atomic E-state index is -0.281. The van der Waals surface area contributed by atoms with Crippen molar-refractivity contribution in [3.8, 4) is 0 Å². The Balaban J connectivity index is 2.97. The summed E-state index contributed by atoms with van der Waals surface area (Å²) in [4.78, 5) is 0. The Bertz CT molecular complexity index is 83.9. The van der Waals surface area contributed by atoms with Gasteiger partial charge in [-0.2, -0.15) is 0 Å². The van der Waals surface area contributed by atoms with E-state index < -0.39 is 0 Å². The molecule has 0 radical (unpaired) electrons. The fraction of sp³-hybridized carbons (Fsp3) is 1.00. The molecular formula is C10H22O2. The second-order valence-corrected chi connectivity index (χ2v) is 3.37. The zero-order chi connectivity index (χ0) is 9.23. The molecule has 0 aromatic heterocycles. The summed E-state index contributed by atoms with van der Waals surface area (Å²) < 4.78 is 0. The van der Waals surface area contributed by atoms with Crippen molar-refractivity contribution in [1.29, 1.82) is 0 Å². The van der Waals surface area contributed by atoms with Gasteiger partial charge in [0.2, 0.25) is 0 Å². The molecule has 12 heavy (non-hydrogen) atoms. The number of aliphatic hydroxyl groups excluding tert-OH is 2. The van der Waals surface area contributed by atoms with E-state index in [-0.39, 0.29) is 12.7 Å². The maximum Gasteiger partial charge on any atom is 0.0562 e. The molecule has 0 bridgehead atoms. The minimum absolute atomic E-state index is 0.107. The summed E-state index contributed by atoms with van der Waals surface area (Å²) in [6.45, 7) is 2.30. The molecule has 0 heterocycles. The number of rotatable bonds is 8. The molecule has 0 aromatic rings. The third-order valence-electron chi connectivity index (χ3n) is 2.10. The second kappa shape index (κ2) is 9.01. The predicted octanol–water partition coefficient (Wildman–Crippen LogP) is 2.09. The van der Waals surface area contributed by atoms with E-state index >= 15 is 0 Å². The van der Waals surface area contributed by atoms with Crippen LogP contribution in [0.1, 0.15) is 51.9 Å². The van der Waals surface area contributed by atoms with Crippen LogP contribution in [-0.4, -0.2) is 22.9 Å². The lowest BCUT2D eigenvalue weighted by Gasteiger charge is -2.07. The van der Waals surface area contributed by atoms with Crippen molar-refractivity contribution in [2.45, 2.75) is 58.0 Å². The first-order valence-corrected chi connectivity index (χ1v) is 5.10. The van der Waals surface area contributed by atoms with Crippen LogP contribution in [0.4, 0.5) is 0 Å². The molecule has 2 nitrogen and oxygen atoms in total. The average Bonchev–Trinajstić information content (AvgIpc) is 2.05. The number of aliphatic hydroxyl groups is 2. The fourth-order valence-electron chi connectivity index (χ4n) is 1.28. The van der Waals surface area contributed by atoms with Gasteiger partial charge in [0.25, 0.3) is 0 Å². The Morgan fingerprint density at radius 3 is 2.25 bits per heavy atom. The molecule has 1 unspecified atom stereocenters. The molecule has 0 spiro atoms. The summed E-state index contributed by atoms with van der Waals surface area (Å²) in [5, 5.41) is 17.8. The van der Waals surface area contributed by atoms with Gasteiger partial charge in [-0.3, -0.25) is 0 Å². The number of hydrogen-bond acceptors (Lipinski definition) is 2. The third-order valence-corrected chi connectivity index (χ3v) is 2.10. The molecule has 2 N–H and O–H groups in total. The summed E-state index contributed by atoms with van der Waals surface area (Å²) in [6, 6.07) is 0. The first kappa shape index (κ1) is 11.9. The van der Waals surface area contributed by atoms with Gasteiger partial charge in [0.1, 0.15) is 0 Å². The quantitative estimate of drug-likeness (QED) is 0.553. The van der Waals surface area contributed by atoms with Crippen LogP contribution in [0, 0.1) is 0 Å². The van der Waals surface area contributed by atoms with E-state index in [1.807, 2.05) is 0 Å². The van der Waals surface area contributed by atoms with Gasteiger partial charge < -0.3 is 10.2 Å². The molecule has 0 aromatic carbocycles. The maximum atomic E-state index is 9.25. The van der Waals surface area contributed by atoms with Gasteiger partial charge in [0, 0.05) is 6.61 Å². The van der Waals surface area contributed by atoms with E-state index in [9.17, 15) is 5.11 Å². The zero-order valence-electron chi connectivity index (χ0n) is 8.13. The maximum absolute atomic E-state index is 9.25. The van der Waals surface area contributed by atoms with Crippen molar-refractivity contribution in [3.63, 3.8) is 0 Å². The molecule has 0 fully saturated rings. The molecule has 1 atom stereocenters. The van der Waals surface area contributed by atoms with Crippen LogP contribution in [0.15, 0.2) is 0 Å². The molecule has 0 aliphatic rings. The number of unbranched alkanes of at least 4 members (excludes halogenated alkanes) is 4. The van der Waals surface area contributed by atoms with Crippen molar-refractivity contribution < 1.29 is 10.2 Å². The van der Waals surface area contributed by atoms with Gasteiger partial charge in [0.05, 0.1) is 6.10 Å². The smallest absolute Gasteiger partial charge is 0.0562 e. The summed E-state index contributed by atoms with van der Waals surface area (Å²) in [5.41, 5.74) is 0. The van der Waals surface area contributed by atoms with E-state index in [1.165, 1.54) is 25.7 Å². The van der Waals surface area contributed by atoms with Gasteiger partial charge in [-0.15, -0.1) is 0 Å². The van der Waals surface area contributed by atoms with Crippen molar-refractivity contribution >= 4 is 0 Å². The lowest BCUT2D eigenvalue weighted by Crippen LogP contribution is -2.08. The van der Waals surface area contributed by atoms with Crippen LogP contribution in [0.2, 0.25) is 0 Å². The van der Waals surface area contributed by atoms with Gasteiger partial charge >= 0.3 is 0 Å². The largest absolute Gasteiger partial charge is 0.396 e. The highest BCUT2D eigenvalue weighted by atomic mass is 16.3. The van der Waals surface area contributed by atoms with E-state index in [0.29, 0.717) is 6.42 Å². The highest BCUT2D eigenvalue weighted by Crippen LogP contribution is 2.08. The summed E-state index contributed by atoms with van der Waals surface area (Å²) >= 11 is 0. The van der Waals surface area contributed by atoms with Crippen molar-refractivity contribution in [2.75, 3.05) is 6.61 Å². The molecule has 0 saturated heterocycles.